The zero-order valence-electron chi connectivity index (χ0n) is 8.88. The molecule has 1 amide bonds. The van der Waals surface area contributed by atoms with Gasteiger partial charge in [0.1, 0.15) is 0 Å². The zero-order valence-corrected chi connectivity index (χ0v) is 12.1. The van der Waals surface area contributed by atoms with Gasteiger partial charge in [-0.25, -0.2) is 4.79 Å². The van der Waals surface area contributed by atoms with E-state index in [0.717, 1.165) is 0 Å². The standard InChI is InChI=1S/C10H12Br2N2O2/c1-5(2)16-10(15)14-9-7(11)3-6(13)4-8(9)12/h3-5H,13H2,1-2H3,(H,14,15). The van der Waals surface area contributed by atoms with E-state index in [4.69, 9.17) is 10.5 Å². The fourth-order valence-electron chi connectivity index (χ4n) is 1.06. The molecule has 1 aromatic rings. The molecule has 0 radical (unpaired) electrons. The number of carbonyl (C=O) groups is 1. The molecule has 0 unspecified atom stereocenters. The van der Waals surface area contributed by atoms with E-state index in [1.165, 1.54) is 0 Å². The summed E-state index contributed by atoms with van der Waals surface area (Å²) in [5.74, 6) is 0. The molecule has 4 nitrogen and oxygen atoms in total. The third-order valence-electron chi connectivity index (χ3n) is 1.63. The highest BCUT2D eigenvalue weighted by Crippen LogP contribution is 2.33. The molecular formula is C10H12Br2N2O2. The Morgan fingerprint density at radius 1 is 1.38 bits per heavy atom. The van der Waals surface area contributed by atoms with E-state index < -0.39 is 6.09 Å². The maximum absolute atomic E-state index is 11.4. The quantitative estimate of drug-likeness (QED) is 0.797. The molecule has 0 saturated heterocycles. The summed E-state index contributed by atoms with van der Waals surface area (Å²) in [6.45, 7) is 3.57. The molecule has 0 aliphatic rings. The van der Waals surface area contributed by atoms with Gasteiger partial charge in [-0.15, -0.1) is 0 Å². The highest BCUT2D eigenvalue weighted by Gasteiger charge is 2.11. The minimum Gasteiger partial charge on any atom is -0.447 e. The van der Waals surface area contributed by atoms with E-state index in [2.05, 4.69) is 37.2 Å². The number of anilines is 2. The summed E-state index contributed by atoms with van der Waals surface area (Å²) in [5, 5.41) is 2.63. The molecule has 0 aromatic heterocycles. The van der Waals surface area contributed by atoms with Gasteiger partial charge in [-0.05, 0) is 57.8 Å². The van der Waals surface area contributed by atoms with Crippen LogP contribution in [0.1, 0.15) is 13.8 Å². The van der Waals surface area contributed by atoms with Crippen LogP contribution in [0, 0.1) is 0 Å². The molecule has 0 spiro atoms. The number of nitrogens with two attached hydrogens (primary N) is 1. The lowest BCUT2D eigenvalue weighted by molar-refractivity contribution is 0.130. The number of nitrogens with one attached hydrogen (secondary N) is 1. The minimum absolute atomic E-state index is 0.161. The van der Waals surface area contributed by atoms with Crippen LogP contribution in [0.3, 0.4) is 0 Å². The third-order valence-corrected chi connectivity index (χ3v) is 2.89. The first-order valence-electron chi connectivity index (χ1n) is 4.62. The second kappa shape index (κ2) is 5.54. The predicted molar refractivity (Wildman–Crippen MR) is 71.5 cm³/mol. The van der Waals surface area contributed by atoms with E-state index in [1.807, 2.05) is 0 Å². The van der Waals surface area contributed by atoms with Crippen LogP contribution in [0.4, 0.5) is 16.2 Å². The Balaban J connectivity index is 2.85. The van der Waals surface area contributed by atoms with Gasteiger partial charge in [0.15, 0.2) is 0 Å². The van der Waals surface area contributed by atoms with Crippen molar-refractivity contribution in [2.24, 2.45) is 0 Å². The van der Waals surface area contributed by atoms with Crippen molar-refractivity contribution < 1.29 is 9.53 Å². The lowest BCUT2D eigenvalue weighted by Gasteiger charge is -2.12. The normalized spacial score (nSPS) is 10.3. The predicted octanol–water partition coefficient (Wildman–Crippen LogP) is 3.75. The molecule has 0 atom stereocenters. The first-order valence-corrected chi connectivity index (χ1v) is 6.21. The number of carbonyl (C=O) groups excluding carboxylic acids is 1. The van der Waals surface area contributed by atoms with Gasteiger partial charge in [0, 0.05) is 14.6 Å². The molecule has 0 heterocycles. The van der Waals surface area contributed by atoms with Gasteiger partial charge in [0.2, 0.25) is 0 Å². The maximum atomic E-state index is 11.4. The lowest BCUT2D eigenvalue weighted by atomic mass is 10.3. The molecule has 3 N–H and O–H groups in total. The van der Waals surface area contributed by atoms with Gasteiger partial charge in [0.25, 0.3) is 0 Å². The fourth-order valence-corrected chi connectivity index (χ4v) is 2.48. The third kappa shape index (κ3) is 3.68. The van der Waals surface area contributed by atoms with Gasteiger partial charge in [0.05, 0.1) is 11.8 Å². The van der Waals surface area contributed by atoms with Gasteiger partial charge in [-0.2, -0.15) is 0 Å². The molecule has 0 bridgehead atoms. The molecule has 6 heteroatoms. The Labute approximate surface area is 111 Å². The average molecular weight is 352 g/mol. The number of benzene rings is 1. The van der Waals surface area contributed by atoms with E-state index in [9.17, 15) is 4.79 Å². The van der Waals surface area contributed by atoms with Gasteiger partial charge in [-0.3, -0.25) is 5.32 Å². The van der Waals surface area contributed by atoms with Crippen molar-refractivity contribution in [3.63, 3.8) is 0 Å². The molecular weight excluding hydrogens is 340 g/mol. The van der Waals surface area contributed by atoms with E-state index in [1.54, 1.807) is 26.0 Å². The average Bonchev–Trinajstić information content (AvgIpc) is 2.09. The van der Waals surface area contributed by atoms with E-state index >= 15 is 0 Å². The Bertz CT molecular complexity index is 385. The van der Waals surface area contributed by atoms with Crippen molar-refractivity contribution in [3.05, 3.63) is 21.1 Å². The number of ether oxygens (including phenoxy) is 1. The van der Waals surface area contributed by atoms with Crippen LogP contribution in [0.25, 0.3) is 0 Å². The van der Waals surface area contributed by atoms with Crippen molar-refractivity contribution in [3.8, 4) is 0 Å². The van der Waals surface area contributed by atoms with Crippen LogP contribution < -0.4 is 11.1 Å². The molecule has 88 valence electrons. The molecule has 1 rings (SSSR count). The van der Waals surface area contributed by atoms with Crippen molar-refractivity contribution in [2.45, 2.75) is 20.0 Å². The van der Waals surface area contributed by atoms with Crippen LogP contribution in [-0.2, 0) is 4.74 Å². The molecule has 16 heavy (non-hydrogen) atoms. The lowest BCUT2D eigenvalue weighted by Crippen LogP contribution is -2.18. The van der Waals surface area contributed by atoms with E-state index in [0.29, 0.717) is 20.3 Å². The molecule has 1 aromatic carbocycles. The number of rotatable bonds is 2. The Morgan fingerprint density at radius 3 is 2.31 bits per heavy atom. The molecule has 0 saturated carbocycles. The second-order valence-electron chi connectivity index (χ2n) is 3.44. The van der Waals surface area contributed by atoms with Gasteiger partial charge in [-0.1, -0.05) is 0 Å². The number of amides is 1. The van der Waals surface area contributed by atoms with Crippen LogP contribution in [-0.4, -0.2) is 12.2 Å². The van der Waals surface area contributed by atoms with Gasteiger partial charge >= 0.3 is 6.09 Å². The first-order chi connectivity index (χ1) is 7.40. The Kier molecular flexibility index (Phi) is 4.61. The van der Waals surface area contributed by atoms with Crippen LogP contribution >= 0.6 is 31.9 Å². The summed E-state index contributed by atoms with van der Waals surface area (Å²) in [4.78, 5) is 11.4. The number of hydrogen-bond donors (Lipinski definition) is 2. The summed E-state index contributed by atoms with van der Waals surface area (Å²) in [6.07, 6.45) is -0.660. The highest BCUT2D eigenvalue weighted by atomic mass is 79.9. The summed E-state index contributed by atoms with van der Waals surface area (Å²) >= 11 is 6.62. The smallest absolute Gasteiger partial charge is 0.411 e. The van der Waals surface area contributed by atoms with Crippen molar-refractivity contribution in [1.29, 1.82) is 0 Å². The molecule has 0 aliphatic heterocycles. The van der Waals surface area contributed by atoms with E-state index in [-0.39, 0.29) is 6.10 Å². The minimum atomic E-state index is -0.499. The number of nitrogen functional groups attached to an aromatic ring is 1. The molecule has 0 fully saturated rings. The van der Waals surface area contributed by atoms with Crippen molar-refractivity contribution >= 4 is 49.3 Å². The summed E-state index contributed by atoms with van der Waals surface area (Å²) in [5.41, 5.74) is 6.83. The summed E-state index contributed by atoms with van der Waals surface area (Å²) < 4.78 is 6.36. The molecule has 0 aliphatic carbocycles. The zero-order chi connectivity index (χ0) is 12.3. The van der Waals surface area contributed by atoms with Crippen LogP contribution in [0.15, 0.2) is 21.1 Å². The second-order valence-corrected chi connectivity index (χ2v) is 5.15. The topological polar surface area (TPSA) is 64.3 Å². The Hall–Kier alpha value is -0.750. The maximum Gasteiger partial charge on any atom is 0.411 e. The number of hydrogen-bond acceptors (Lipinski definition) is 3. The monoisotopic (exact) mass is 350 g/mol. The SMILES string of the molecule is CC(C)OC(=O)Nc1c(Br)cc(N)cc1Br. The largest absolute Gasteiger partial charge is 0.447 e. The highest BCUT2D eigenvalue weighted by molar-refractivity contribution is 9.11. The fraction of sp³-hybridized carbons (Fsp3) is 0.300. The van der Waals surface area contributed by atoms with Crippen molar-refractivity contribution in [2.75, 3.05) is 11.1 Å². The van der Waals surface area contributed by atoms with Crippen molar-refractivity contribution in [1.82, 2.24) is 0 Å². The first kappa shape index (κ1) is 13.3. The van der Waals surface area contributed by atoms with Crippen LogP contribution in [0.2, 0.25) is 0 Å². The summed E-state index contributed by atoms with van der Waals surface area (Å²) in [6, 6.07) is 3.41. The van der Waals surface area contributed by atoms with Crippen LogP contribution in [0.5, 0.6) is 0 Å². The van der Waals surface area contributed by atoms with Gasteiger partial charge < -0.3 is 10.5 Å². The Morgan fingerprint density at radius 2 is 1.88 bits per heavy atom. The number of halogens is 2. The summed E-state index contributed by atoms with van der Waals surface area (Å²) in [7, 11) is 0.